The van der Waals surface area contributed by atoms with Gasteiger partial charge in [-0.05, 0) is 306 Å². The molecule has 24 aromatic rings. The van der Waals surface area contributed by atoms with Gasteiger partial charge in [-0.25, -0.2) is 0 Å². The van der Waals surface area contributed by atoms with Gasteiger partial charge in [0.15, 0.2) is 0 Å². The lowest BCUT2D eigenvalue weighted by Gasteiger charge is -2.26. The molecule has 0 atom stereocenters. The number of aromatic nitrogens is 1. The Bertz CT molecular complexity index is 8050. The van der Waals surface area contributed by atoms with Gasteiger partial charge in [-0.1, -0.05) is 425 Å². The van der Waals surface area contributed by atoms with E-state index in [1.807, 2.05) is 0 Å². The summed E-state index contributed by atoms with van der Waals surface area (Å²) in [7, 11) is 0. The van der Waals surface area contributed by atoms with E-state index in [-0.39, 0.29) is 0 Å². The van der Waals surface area contributed by atoms with E-state index in [0.717, 1.165) is 45.4 Å². The number of nitrogens with zero attached hydrogens (tertiary/aromatic N) is 3. The van der Waals surface area contributed by atoms with Crippen LogP contribution in [0.4, 0.5) is 34.1 Å². The first-order chi connectivity index (χ1) is 67.9. The Labute approximate surface area is 800 Å². The molecule has 0 unspecified atom stereocenters. The van der Waals surface area contributed by atoms with Crippen molar-refractivity contribution in [3.05, 3.63) is 564 Å². The summed E-state index contributed by atoms with van der Waals surface area (Å²) in [5.41, 5.74) is 41.2. The third kappa shape index (κ3) is 17.4. The minimum atomic E-state index is 1.08. The SMILES string of the molecule is c1cc(-c2ccc(N(c3ccc(-c4cccc(-c5cccc6ccccc56)c4)cc3)c3ccc(-c4cccc(-n5c6ccccc6c6ccccc65)c4)cc3)cc2)cc(-c2cccc3ccccc23)c1.c1ccc(-c2cccc(-c3ccc(N(c4ccc(-c5cccc(-c6cccc(-c7ccccc7)c6)c5)cc4)c4ccc(-c5cccc(-c6cccc(-c7ccccc7)c6)c5)cc4)cc3)c2)cc1. The fraction of sp³-hybridized carbons (Fsp3) is 0. The predicted molar refractivity (Wildman–Crippen MR) is 582 cm³/mol. The highest BCUT2D eigenvalue weighted by Gasteiger charge is 2.21. The molecule has 0 aliphatic rings. The van der Waals surface area contributed by atoms with Gasteiger partial charge in [0.2, 0.25) is 0 Å². The summed E-state index contributed by atoms with van der Waals surface area (Å²) in [6.07, 6.45) is 0. The van der Waals surface area contributed by atoms with E-state index >= 15 is 0 Å². The van der Waals surface area contributed by atoms with Gasteiger partial charge < -0.3 is 14.4 Å². The van der Waals surface area contributed by atoms with E-state index in [1.165, 1.54) is 182 Å². The van der Waals surface area contributed by atoms with Crippen LogP contribution < -0.4 is 9.80 Å². The fourth-order valence-corrected chi connectivity index (χ4v) is 19.7. The summed E-state index contributed by atoms with van der Waals surface area (Å²) in [4.78, 5) is 4.72. The van der Waals surface area contributed by atoms with E-state index < -0.39 is 0 Å². The largest absolute Gasteiger partial charge is 0.311 e. The Morgan fingerprint density at radius 3 is 0.577 bits per heavy atom. The van der Waals surface area contributed by atoms with E-state index in [4.69, 9.17) is 0 Å². The topological polar surface area (TPSA) is 11.4 Å². The van der Waals surface area contributed by atoms with Gasteiger partial charge in [0.1, 0.15) is 0 Å². The molecule has 0 radical (unpaired) electrons. The van der Waals surface area contributed by atoms with Crippen LogP contribution >= 0.6 is 0 Å². The Hall–Kier alpha value is -18.0. The van der Waals surface area contributed by atoms with Crippen LogP contribution in [0.2, 0.25) is 0 Å². The molecule has 0 bridgehead atoms. The number of rotatable bonds is 20. The zero-order chi connectivity index (χ0) is 91.2. The molecule has 0 N–H and O–H groups in total. The quantitative estimate of drug-likeness (QED) is 0.0753. The zero-order valence-corrected chi connectivity index (χ0v) is 75.5. The summed E-state index contributed by atoms with van der Waals surface area (Å²) in [6.45, 7) is 0. The minimum absolute atomic E-state index is 1.08. The van der Waals surface area contributed by atoms with Gasteiger partial charge in [0, 0.05) is 50.6 Å². The molecule has 0 aliphatic carbocycles. The lowest BCUT2D eigenvalue weighted by molar-refractivity contribution is 1.18. The molecule has 3 nitrogen and oxygen atoms in total. The lowest BCUT2D eigenvalue weighted by atomic mass is 9.95. The third-order valence-corrected chi connectivity index (χ3v) is 26.7. The molecule has 0 spiro atoms. The summed E-state index contributed by atoms with van der Waals surface area (Å²) in [5.74, 6) is 0. The number of para-hydroxylation sites is 2. The zero-order valence-electron chi connectivity index (χ0n) is 75.5. The van der Waals surface area contributed by atoms with Crippen LogP contribution in [0.25, 0.3) is 194 Å². The molecular weight excluding hydrogens is 1650 g/mol. The van der Waals surface area contributed by atoms with E-state index in [1.54, 1.807) is 0 Å². The van der Waals surface area contributed by atoms with E-state index in [9.17, 15) is 0 Å². The molecule has 0 amide bonds. The number of anilines is 6. The van der Waals surface area contributed by atoms with Crippen LogP contribution in [-0.4, -0.2) is 4.57 Å². The summed E-state index contributed by atoms with van der Waals surface area (Å²) >= 11 is 0. The fourth-order valence-electron chi connectivity index (χ4n) is 19.7. The predicted octanol–water partition coefficient (Wildman–Crippen LogP) is 37.4. The molecule has 644 valence electrons. The standard InChI is InChI=1S/C68H46N2.C66H47N/c1-3-24-61-50(14-1)16-12-28-63(61)55-21-9-18-52(44-55)47-32-38-57(39-33-47)69(58-40-34-48(35-41-58)53-19-10-22-56(45-53)64-29-13-17-51-15-2-4-25-62(51)64)59-42-36-49(37-43-59)54-20-11-23-60(46-54)70-67-30-7-5-26-65(67)66-27-6-8-31-68(66)70;1-4-15-48(16-5-1)54-21-10-24-57(43-54)51-31-37-64(38-32-51)67(65-39-33-52(34-40-65)58-25-13-29-62(46-58)60-27-11-22-55(44-60)49-17-6-2-7-18-49)66-41-35-53(36-42-66)59-26-14-30-63(47-59)61-28-12-23-56(45-61)50-19-8-3-9-20-50/h1-46H;1-47H. The molecule has 0 aliphatic heterocycles. The molecule has 0 saturated heterocycles. The van der Waals surface area contributed by atoms with E-state index in [2.05, 4.69) is 579 Å². The summed E-state index contributed by atoms with van der Waals surface area (Å²) < 4.78 is 2.39. The second-order valence-corrected chi connectivity index (χ2v) is 35.1. The average molecular weight is 1750 g/mol. The second kappa shape index (κ2) is 37.7. The van der Waals surface area contributed by atoms with Crippen LogP contribution in [0.15, 0.2) is 564 Å². The average Bonchev–Trinajstić information content (AvgIpc) is 1.60. The van der Waals surface area contributed by atoms with Crippen molar-refractivity contribution in [3.63, 3.8) is 0 Å². The van der Waals surface area contributed by atoms with Crippen molar-refractivity contribution in [3.8, 4) is 150 Å². The van der Waals surface area contributed by atoms with Crippen molar-refractivity contribution in [1.82, 2.24) is 4.57 Å². The number of hydrogen-bond acceptors (Lipinski definition) is 2. The summed E-state index contributed by atoms with van der Waals surface area (Å²) in [6, 6.07) is 204. The van der Waals surface area contributed by atoms with Crippen molar-refractivity contribution in [1.29, 1.82) is 0 Å². The maximum atomic E-state index is 2.39. The molecule has 23 aromatic carbocycles. The third-order valence-electron chi connectivity index (χ3n) is 26.7. The highest BCUT2D eigenvalue weighted by atomic mass is 15.1. The second-order valence-electron chi connectivity index (χ2n) is 35.1. The normalized spacial score (nSPS) is 11.2. The number of hydrogen-bond donors (Lipinski definition) is 0. The highest BCUT2D eigenvalue weighted by Crippen LogP contribution is 2.45. The molecule has 137 heavy (non-hydrogen) atoms. The number of fused-ring (bicyclic) bond motifs is 5. The minimum Gasteiger partial charge on any atom is -0.311 e. The first-order valence-electron chi connectivity index (χ1n) is 47.0. The Kier molecular flexibility index (Phi) is 22.9. The first-order valence-corrected chi connectivity index (χ1v) is 47.0. The molecule has 0 fully saturated rings. The van der Waals surface area contributed by atoms with Gasteiger partial charge in [0.25, 0.3) is 0 Å². The van der Waals surface area contributed by atoms with E-state index in [0.29, 0.717) is 0 Å². The molecule has 24 rings (SSSR count). The molecule has 3 heteroatoms. The molecular formula is C134H93N3. The van der Waals surface area contributed by atoms with Crippen LogP contribution in [0, 0.1) is 0 Å². The van der Waals surface area contributed by atoms with Gasteiger partial charge in [-0.15, -0.1) is 0 Å². The molecule has 1 heterocycles. The monoisotopic (exact) mass is 1740 g/mol. The summed E-state index contributed by atoms with van der Waals surface area (Å²) in [5, 5.41) is 7.55. The lowest BCUT2D eigenvalue weighted by Crippen LogP contribution is -2.09. The van der Waals surface area contributed by atoms with Gasteiger partial charge in [0.05, 0.1) is 11.0 Å². The highest BCUT2D eigenvalue weighted by molar-refractivity contribution is 6.09. The van der Waals surface area contributed by atoms with Crippen molar-refractivity contribution >= 4 is 77.5 Å². The van der Waals surface area contributed by atoms with Gasteiger partial charge >= 0.3 is 0 Å². The molecule has 0 saturated carbocycles. The van der Waals surface area contributed by atoms with Crippen molar-refractivity contribution < 1.29 is 0 Å². The van der Waals surface area contributed by atoms with Crippen LogP contribution in [0.3, 0.4) is 0 Å². The Morgan fingerprint density at radius 1 is 0.117 bits per heavy atom. The number of benzene rings is 23. The maximum absolute atomic E-state index is 2.39. The van der Waals surface area contributed by atoms with Crippen molar-refractivity contribution in [2.75, 3.05) is 9.80 Å². The Balaban J connectivity index is 0.000000154. The van der Waals surface area contributed by atoms with Gasteiger partial charge in [-0.2, -0.15) is 0 Å². The van der Waals surface area contributed by atoms with Crippen LogP contribution in [-0.2, 0) is 0 Å². The first kappa shape index (κ1) is 83.3. The van der Waals surface area contributed by atoms with Crippen molar-refractivity contribution in [2.24, 2.45) is 0 Å². The maximum Gasteiger partial charge on any atom is 0.0541 e. The van der Waals surface area contributed by atoms with Crippen LogP contribution in [0.5, 0.6) is 0 Å². The van der Waals surface area contributed by atoms with Gasteiger partial charge in [-0.3, -0.25) is 0 Å². The Morgan fingerprint density at radius 2 is 0.299 bits per heavy atom. The van der Waals surface area contributed by atoms with Crippen molar-refractivity contribution in [2.45, 2.75) is 0 Å². The smallest absolute Gasteiger partial charge is 0.0541 e. The van der Waals surface area contributed by atoms with Crippen LogP contribution in [0.1, 0.15) is 0 Å². The molecule has 1 aromatic heterocycles.